The van der Waals surface area contributed by atoms with Crippen LogP contribution in [0.2, 0.25) is 0 Å². The largest absolute Gasteiger partial charge is 0.504 e. The molecule has 29 heavy (non-hydrogen) atoms. The molecule has 1 aromatic heterocycles. The normalized spacial score (nSPS) is 15.1. The molecule has 9 heteroatoms. The Labute approximate surface area is 188 Å². The van der Waals surface area contributed by atoms with Gasteiger partial charge in [-0.2, -0.15) is 0 Å². The monoisotopic (exact) mass is 515 g/mol. The van der Waals surface area contributed by atoms with E-state index in [2.05, 4.69) is 27.2 Å². The Kier molecular flexibility index (Phi) is 9.52. The number of benzene rings is 1. The van der Waals surface area contributed by atoms with Crippen molar-refractivity contribution in [3.05, 3.63) is 41.8 Å². The molecule has 2 N–H and O–H groups in total. The molecular formula is C20H30IN5O3. The van der Waals surface area contributed by atoms with Crippen LogP contribution in [0.25, 0.3) is 0 Å². The second-order valence-electron chi connectivity index (χ2n) is 6.75. The highest BCUT2D eigenvalue weighted by Gasteiger charge is 2.20. The lowest BCUT2D eigenvalue weighted by Gasteiger charge is -2.36. The van der Waals surface area contributed by atoms with Gasteiger partial charge in [-0.15, -0.1) is 24.0 Å². The third-order valence-electron chi connectivity index (χ3n) is 4.79. The van der Waals surface area contributed by atoms with Crippen molar-refractivity contribution in [3.8, 4) is 11.5 Å². The highest BCUT2D eigenvalue weighted by atomic mass is 127. The molecule has 0 spiro atoms. The first-order chi connectivity index (χ1) is 13.7. The lowest BCUT2D eigenvalue weighted by molar-refractivity contribution is 0.169. The Hall–Kier alpha value is -2.01. The summed E-state index contributed by atoms with van der Waals surface area (Å²) in [5.74, 6) is 1.61. The molecule has 0 aliphatic carbocycles. The van der Waals surface area contributed by atoms with Gasteiger partial charge in [-0.3, -0.25) is 9.89 Å². The van der Waals surface area contributed by atoms with Gasteiger partial charge >= 0.3 is 0 Å². The van der Waals surface area contributed by atoms with E-state index in [0.717, 1.165) is 62.9 Å². The molecule has 0 unspecified atom stereocenters. The number of nitrogens with zero attached hydrogens (tertiary/aromatic N) is 4. The summed E-state index contributed by atoms with van der Waals surface area (Å²) in [6.07, 6.45) is 2.41. The molecule has 0 bridgehead atoms. The first-order valence-electron chi connectivity index (χ1n) is 9.70. The molecule has 1 aliphatic heterocycles. The van der Waals surface area contributed by atoms with Crippen LogP contribution < -0.4 is 10.1 Å². The molecule has 1 aromatic carbocycles. The lowest BCUT2D eigenvalue weighted by atomic mass is 10.1. The second-order valence-corrected chi connectivity index (χ2v) is 6.75. The van der Waals surface area contributed by atoms with Gasteiger partial charge in [0.05, 0.1) is 12.8 Å². The summed E-state index contributed by atoms with van der Waals surface area (Å²) in [5, 5.41) is 17.1. The molecule has 1 fully saturated rings. The van der Waals surface area contributed by atoms with Crippen LogP contribution in [0, 0.1) is 0 Å². The Bertz CT molecular complexity index is 761. The number of phenols is 1. The van der Waals surface area contributed by atoms with Crippen molar-refractivity contribution in [2.45, 2.75) is 19.9 Å². The number of hydrogen-bond acceptors (Lipinski definition) is 6. The maximum Gasteiger partial charge on any atom is 0.194 e. The van der Waals surface area contributed by atoms with Crippen LogP contribution in [-0.4, -0.2) is 72.4 Å². The van der Waals surface area contributed by atoms with E-state index in [1.807, 2.05) is 18.2 Å². The Balaban J connectivity index is 0.00000300. The second kappa shape index (κ2) is 11.9. The average molecular weight is 515 g/mol. The predicted molar refractivity (Wildman–Crippen MR) is 123 cm³/mol. The zero-order chi connectivity index (χ0) is 19.8. The maximum absolute atomic E-state index is 9.71. The van der Waals surface area contributed by atoms with Crippen molar-refractivity contribution >= 4 is 29.9 Å². The Morgan fingerprint density at radius 3 is 2.72 bits per heavy atom. The van der Waals surface area contributed by atoms with Crippen LogP contribution >= 0.6 is 24.0 Å². The molecule has 2 heterocycles. The summed E-state index contributed by atoms with van der Waals surface area (Å²) >= 11 is 0. The van der Waals surface area contributed by atoms with Gasteiger partial charge in [0.2, 0.25) is 0 Å². The van der Waals surface area contributed by atoms with Crippen LogP contribution in [0.15, 0.2) is 40.0 Å². The zero-order valence-electron chi connectivity index (χ0n) is 17.0. The van der Waals surface area contributed by atoms with E-state index in [1.165, 1.54) is 0 Å². The van der Waals surface area contributed by atoms with Crippen molar-refractivity contribution in [1.82, 2.24) is 20.3 Å². The number of halogens is 1. The number of aliphatic imine (C=N–C) groups is 1. The molecule has 8 nitrogen and oxygen atoms in total. The highest BCUT2D eigenvalue weighted by molar-refractivity contribution is 14.0. The number of piperazine rings is 1. The highest BCUT2D eigenvalue weighted by Crippen LogP contribution is 2.26. The molecule has 2 aromatic rings. The lowest BCUT2D eigenvalue weighted by Crippen LogP contribution is -2.52. The van der Waals surface area contributed by atoms with Crippen molar-refractivity contribution in [3.63, 3.8) is 0 Å². The van der Waals surface area contributed by atoms with Gasteiger partial charge in [-0.25, -0.2) is 0 Å². The first-order valence-corrected chi connectivity index (χ1v) is 9.70. The van der Waals surface area contributed by atoms with Crippen molar-refractivity contribution < 1.29 is 14.4 Å². The standard InChI is InChI=1S/C20H29N5O3.HI/c1-3-21-20(22-8-6-16-4-5-18(26)19(14-16)27-2)25-11-9-24(10-12-25)15-17-7-13-28-23-17;/h4-5,7,13-14,26H,3,6,8-12,15H2,1-2H3,(H,21,22);1H. The minimum atomic E-state index is 0. The maximum atomic E-state index is 9.71. The summed E-state index contributed by atoms with van der Waals surface area (Å²) in [6.45, 7) is 8.20. The smallest absolute Gasteiger partial charge is 0.194 e. The number of rotatable bonds is 7. The van der Waals surface area contributed by atoms with Gasteiger partial charge in [0.15, 0.2) is 17.5 Å². The van der Waals surface area contributed by atoms with Crippen molar-refractivity contribution in [1.29, 1.82) is 0 Å². The van der Waals surface area contributed by atoms with Gasteiger partial charge < -0.3 is 24.6 Å². The third kappa shape index (κ3) is 6.77. The van der Waals surface area contributed by atoms with E-state index < -0.39 is 0 Å². The zero-order valence-corrected chi connectivity index (χ0v) is 19.3. The van der Waals surface area contributed by atoms with E-state index in [1.54, 1.807) is 19.4 Å². The summed E-state index contributed by atoms with van der Waals surface area (Å²) in [4.78, 5) is 9.47. The molecular weight excluding hydrogens is 485 g/mol. The third-order valence-corrected chi connectivity index (χ3v) is 4.79. The number of methoxy groups -OCH3 is 1. The van der Waals surface area contributed by atoms with Gasteiger partial charge in [-0.05, 0) is 31.0 Å². The van der Waals surface area contributed by atoms with Crippen LogP contribution in [0.4, 0.5) is 0 Å². The molecule has 0 radical (unpaired) electrons. The van der Waals surface area contributed by atoms with E-state index >= 15 is 0 Å². The number of ether oxygens (including phenoxy) is 1. The number of phenolic OH excluding ortho intramolecular Hbond substituents is 1. The molecule has 0 saturated carbocycles. The number of hydrogen-bond donors (Lipinski definition) is 2. The molecule has 1 saturated heterocycles. The molecule has 160 valence electrons. The van der Waals surface area contributed by atoms with Crippen LogP contribution in [0.3, 0.4) is 0 Å². The fraction of sp³-hybridized carbons (Fsp3) is 0.500. The van der Waals surface area contributed by atoms with Gasteiger partial charge in [0.1, 0.15) is 6.26 Å². The summed E-state index contributed by atoms with van der Waals surface area (Å²) in [7, 11) is 1.56. The molecule has 0 amide bonds. The summed E-state index contributed by atoms with van der Waals surface area (Å²) in [6, 6.07) is 7.34. The summed E-state index contributed by atoms with van der Waals surface area (Å²) < 4.78 is 10.1. The topological polar surface area (TPSA) is 86.4 Å². The van der Waals surface area contributed by atoms with Crippen molar-refractivity contribution in [2.75, 3.05) is 46.4 Å². The summed E-state index contributed by atoms with van der Waals surface area (Å²) in [5.41, 5.74) is 2.06. The van der Waals surface area contributed by atoms with E-state index in [9.17, 15) is 5.11 Å². The fourth-order valence-electron chi connectivity index (χ4n) is 3.26. The van der Waals surface area contributed by atoms with Crippen LogP contribution in [0.1, 0.15) is 18.2 Å². The predicted octanol–water partition coefficient (Wildman–Crippen LogP) is 2.33. The van der Waals surface area contributed by atoms with Gasteiger partial charge in [0, 0.05) is 51.9 Å². The minimum Gasteiger partial charge on any atom is -0.504 e. The number of aromatic hydroxyl groups is 1. The number of nitrogens with one attached hydrogen (secondary N) is 1. The SMILES string of the molecule is CCNC(=NCCc1ccc(O)c(OC)c1)N1CCN(Cc2ccon2)CC1.I. The number of guanidine groups is 1. The van der Waals surface area contributed by atoms with Gasteiger partial charge in [0.25, 0.3) is 0 Å². The van der Waals surface area contributed by atoms with Crippen LogP contribution in [0.5, 0.6) is 11.5 Å². The Morgan fingerprint density at radius 2 is 2.07 bits per heavy atom. The average Bonchev–Trinajstić information content (AvgIpc) is 3.22. The molecule has 3 rings (SSSR count). The van der Waals surface area contributed by atoms with Crippen molar-refractivity contribution in [2.24, 2.45) is 4.99 Å². The van der Waals surface area contributed by atoms with Crippen LogP contribution in [-0.2, 0) is 13.0 Å². The number of aromatic nitrogens is 1. The molecule has 0 atom stereocenters. The minimum absolute atomic E-state index is 0. The fourth-order valence-corrected chi connectivity index (χ4v) is 3.26. The van der Waals surface area contributed by atoms with E-state index in [4.69, 9.17) is 14.3 Å². The Morgan fingerprint density at radius 1 is 1.28 bits per heavy atom. The van der Waals surface area contributed by atoms with E-state index in [-0.39, 0.29) is 29.7 Å². The first kappa shape index (κ1) is 23.3. The molecule has 1 aliphatic rings. The van der Waals surface area contributed by atoms with E-state index in [0.29, 0.717) is 12.3 Å². The quantitative estimate of drug-likeness (QED) is 0.333. The van der Waals surface area contributed by atoms with Gasteiger partial charge in [-0.1, -0.05) is 11.2 Å².